The van der Waals surface area contributed by atoms with Gasteiger partial charge in [-0.1, -0.05) is 77.9 Å². The Morgan fingerprint density at radius 3 is 1.38 bits per heavy atom. The van der Waals surface area contributed by atoms with Crippen LogP contribution in [0.1, 0.15) is 52.7 Å². The number of hydrogen-bond acceptors (Lipinski definition) is 1. The van der Waals surface area contributed by atoms with Crippen molar-refractivity contribution in [3.05, 3.63) is 47.5 Å². The summed E-state index contributed by atoms with van der Waals surface area (Å²) in [6.45, 7) is 12.3. The van der Waals surface area contributed by atoms with E-state index in [1.54, 1.807) is 0 Å². The Morgan fingerprint density at radius 2 is 1.05 bits per heavy atom. The summed E-state index contributed by atoms with van der Waals surface area (Å²) in [4.78, 5) is 0. The molecule has 3 aromatic rings. The van der Waals surface area contributed by atoms with Crippen molar-refractivity contribution in [1.82, 2.24) is 0 Å². The van der Waals surface area contributed by atoms with Crippen LogP contribution in [-0.4, -0.2) is 0 Å². The van der Waals surface area contributed by atoms with Gasteiger partial charge in [0, 0.05) is 10.8 Å². The molecule has 21 heavy (non-hydrogen) atoms. The lowest BCUT2D eigenvalue weighted by Crippen LogP contribution is -1.78. The molecule has 114 valence electrons. The Balaban J connectivity index is 0.000000510. The lowest BCUT2D eigenvalue weighted by atomic mass is 10.1. The Hall–Kier alpha value is -1.76. The van der Waals surface area contributed by atoms with Crippen molar-refractivity contribution in [1.29, 1.82) is 0 Å². The molecular weight excluding hydrogens is 256 g/mol. The van der Waals surface area contributed by atoms with E-state index in [2.05, 4.69) is 50.2 Å². The minimum absolute atomic E-state index is 1.01. The maximum Gasteiger partial charge on any atom is 0.138 e. The van der Waals surface area contributed by atoms with Crippen LogP contribution in [-0.2, 0) is 12.8 Å². The summed E-state index contributed by atoms with van der Waals surface area (Å²) < 4.78 is 6.10. The number of hydrogen-bond donors (Lipinski definition) is 0. The number of aryl methyl sites for hydroxylation is 2. The molecule has 0 aliphatic rings. The fourth-order valence-electron chi connectivity index (χ4n) is 2.49. The van der Waals surface area contributed by atoms with Gasteiger partial charge in [0.2, 0.25) is 0 Å². The van der Waals surface area contributed by atoms with Crippen LogP contribution in [0.2, 0.25) is 0 Å². The normalized spacial score (nSPS) is 9.81. The average Bonchev–Trinajstić information content (AvgIpc) is 2.97. The molecule has 1 nitrogen and oxygen atoms in total. The largest absolute Gasteiger partial charge is 0.455 e. The molecule has 0 aliphatic heterocycles. The Bertz CT molecular complexity index is 618. The first-order valence-corrected chi connectivity index (χ1v) is 8.27. The second-order valence-electron chi connectivity index (χ2n) is 4.40. The fraction of sp³-hybridized carbons (Fsp3) is 0.400. The van der Waals surface area contributed by atoms with Crippen LogP contribution < -0.4 is 0 Å². The van der Waals surface area contributed by atoms with Gasteiger partial charge >= 0.3 is 0 Å². The standard InChI is InChI=1S/C16H16O.2C2H6/c1-3-11-7-5-9-13-14-10-6-8-12(4-2)16(14)17-15(11)13;2*1-2/h5-10H,3-4H2,1-2H3;2*1-2H3. The van der Waals surface area contributed by atoms with Crippen molar-refractivity contribution in [3.8, 4) is 0 Å². The highest BCUT2D eigenvalue weighted by Crippen LogP contribution is 2.33. The van der Waals surface area contributed by atoms with Gasteiger partial charge in [-0.2, -0.15) is 0 Å². The van der Waals surface area contributed by atoms with Crippen molar-refractivity contribution in [2.24, 2.45) is 0 Å². The molecule has 1 heteroatoms. The first-order chi connectivity index (χ1) is 10.3. The summed E-state index contributed by atoms with van der Waals surface area (Å²) in [6.07, 6.45) is 2.03. The Labute approximate surface area is 129 Å². The van der Waals surface area contributed by atoms with Gasteiger partial charge in [0.05, 0.1) is 0 Å². The van der Waals surface area contributed by atoms with E-state index in [-0.39, 0.29) is 0 Å². The highest BCUT2D eigenvalue weighted by molar-refractivity contribution is 6.06. The Morgan fingerprint density at radius 1 is 0.667 bits per heavy atom. The molecular formula is C20H28O. The minimum Gasteiger partial charge on any atom is -0.455 e. The summed E-state index contributed by atoms with van der Waals surface area (Å²) in [7, 11) is 0. The molecule has 0 atom stereocenters. The smallest absolute Gasteiger partial charge is 0.138 e. The third-order valence-corrected chi connectivity index (χ3v) is 3.45. The molecule has 1 aromatic heterocycles. The first-order valence-electron chi connectivity index (χ1n) is 8.27. The van der Waals surface area contributed by atoms with E-state index in [1.165, 1.54) is 21.9 Å². The quantitative estimate of drug-likeness (QED) is 0.506. The summed E-state index contributed by atoms with van der Waals surface area (Å²) in [5, 5.41) is 2.49. The van der Waals surface area contributed by atoms with E-state index in [9.17, 15) is 0 Å². The van der Waals surface area contributed by atoms with Crippen LogP contribution in [0.15, 0.2) is 40.8 Å². The van der Waals surface area contributed by atoms with E-state index in [4.69, 9.17) is 4.42 Å². The monoisotopic (exact) mass is 284 g/mol. The zero-order valence-corrected chi connectivity index (χ0v) is 14.3. The number of rotatable bonds is 2. The van der Waals surface area contributed by atoms with E-state index >= 15 is 0 Å². The van der Waals surface area contributed by atoms with Crippen LogP contribution in [0, 0.1) is 0 Å². The molecule has 2 aromatic carbocycles. The van der Waals surface area contributed by atoms with Gasteiger partial charge in [-0.15, -0.1) is 0 Å². The van der Waals surface area contributed by atoms with Gasteiger partial charge in [-0.25, -0.2) is 0 Å². The summed E-state index contributed by atoms with van der Waals surface area (Å²) in [5.41, 5.74) is 4.71. The molecule has 0 spiro atoms. The SMILES string of the molecule is CC.CC.CCc1cccc2c1oc1c(CC)cccc12. The van der Waals surface area contributed by atoms with Crippen molar-refractivity contribution >= 4 is 21.9 Å². The van der Waals surface area contributed by atoms with Gasteiger partial charge < -0.3 is 4.42 Å². The zero-order chi connectivity index (χ0) is 15.8. The van der Waals surface area contributed by atoms with Crippen LogP contribution in [0.4, 0.5) is 0 Å². The third kappa shape index (κ3) is 3.29. The van der Waals surface area contributed by atoms with E-state index in [0.29, 0.717) is 0 Å². The predicted molar refractivity (Wildman–Crippen MR) is 95.2 cm³/mol. The molecule has 0 radical (unpaired) electrons. The molecule has 0 unspecified atom stereocenters. The van der Waals surface area contributed by atoms with Crippen LogP contribution in [0.5, 0.6) is 0 Å². The van der Waals surface area contributed by atoms with Gasteiger partial charge in [0.25, 0.3) is 0 Å². The summed E-state index contributed by atoms with van der Waals surface area (Å²) in [5.74, 6) is 0. The molecule has 0 aliphatic carbocycles. The van der Waals surface area contributed by atoms with Crippen molar-refractivity contribution in [3.63, 3.8) is 0 Å². The average molecular weight is 284 g/mol. The van der Waals surface area contributed by atoms with Crippen LogP contribution in [0.25, 0.3) is 21.9 Å². The molecule has 0 bridgehead atoms. The highest BCUT2D eigenvalue weighted by Gasteiger charge is 2.11. The number of para-hydroxylation sites is 2. The van der Waals surface area contributed by atoms with E-state index in [1.807, 2.05) is 27.7 Å². The van der Waals surface area contributed by atoms with Gasteiger partial charge in [0.1, 0.15) is 11.2 Å². The molecule has 0 saturated heterocycles. The second-order valence-corrected chi connectivity index (χ2v) is 4.40. The number of furan rings is 1. The fourth-order valence-corrected chi connectivity index (χ4v) is 2.49. The lowest BCUT2D eigenvalue weighted by Gasteiger charge is -1.96. The van der Waals surface area contributed by atoms with Gasteiger partial charge in [-0.05, 0) is 24.0 Å². The number of benzene rings is 2. The van der Waals surface area contributed by atoms with Crippen molar-refractivity contribution in [2.75, 3.05) is 0 Å². The zero-order valence-electron chi connectivity index (χ0n) is 14.3. The van der Waals surface area contributed by atoms with Gasteiger partial charge in [0.15, 0.2) is 0 Å². The van der Waals surface area contributed by atoms with Crippen LogP contribution in [0.3, 0.4) is 0 Å². The van der Waals surface area contributed by atoms with Crippen molar-refractivity contribution < 1.29 is 4.42 Å². The molecule has 0 saturated carbocycles. The molecule has 1 heterocycles. The second kappa shape index (κ2) is 8.51. The number of fused-ring (bicyclic) bond motifs is 3. The molecule has 0 fully saturated rings. The van der Waals surface area contributed by atoms with E-state index < -0.39 is 0 Å². The Kier molecular flexibility index (Phi) is 7.01. The molecule has 3 rings (SSSR count). The maximum absolute atomic E-state index is 6.10. The van der Waals surface area contributed by atoms with Gasteiger partial charge in [-0.3, -0.25) is 0 Å². The topological polar surface area (TPSA) is 13.1 Å². The highest BCUT2D eigenvalue weighted by atomic mass is 16.3. The molecule has 0 N–H and O–H groups in total. The molecule has 0 amide bonds. The summed E-state index contributed by atoms with van der Waals surface area (Å²) >= 11 is 0. The van der Waals surface area contributed by atoms with Crippen LogP contribution >= 0.6 is 0 Å². The van der Waals surface area contributed by atoms with Crippen molar-refractivity contribution in [2.45, 2.75) is 54.4 Å². The first kappa shape index (κ1) is 17.3. The maximum atomic E-state index is 6.10. The lowest BCUT2D eigenvalue weighted by molar-refractivity contribution is 0.658. The minimum atomic E-state index is 1.01. The third-order valence-electron chi connectivity index (χ3n) is 3.45. The van der Waals surface area contributed by atoms with E-state index in [0.717, 1.165) is 24.0 Å². The predicted octanol–water partition coefficient (Wildman–Crippen LogP) is 6.76. The summed E-state index contributed by atoms with van der Waals surface area (Å²) in [6, 6.07) is 12.8.